The van der Waals surface area contributed by atoms with E-state index in [1.54, 1.807) is 0 Å². The molecule has 0 aliphatic heterocycles. The zero-order valence-electron chi connectivity index (χ0n) is 7.40. The van der Waals surface area contributed by atoms with Crippen molar-refractivity contribution in [2.75, 3.05) is 0 Å². The van der Waals surface area contributed by atoms with Crippen LogP contribution in [0.2, 0.25) is 0 Å². The van der Waals surface area contributed by atoms with Gasteiger partial charge in [-0.25, -0.2) is 0 Å². The lowest BCUT2D eigenvalue weighted by Crippen LogP contribution is -2.06. The van der Waals surface area contributed by atoms with Crippen molar-refractivity contribution in [3.63, 3.8) is 0 Å². The van der Waals surface area contributed by atoms with Gasteiger partial charge in [0.1, 0.15) is 6.04 Å². The minimum atomic E-state index is -0.478. The Bertz CT molecular complexity index is 330. The minimum absolute atomic E-state index is 0.478. The number of hydrogen-bond donors (Lipinski definition) is 1. The van der Waals surface area contributed by atoms with E-state index in [9.17, 15) is 0 Å². The summed E-state index contributed by atoms with van der Waals surface area (Å²) in [6, 6.07) is 9.64. The van der Waals surface area contributed by atoms with Crippen LogP contribution in [0, 0.1) is 11.3 Å². The van der Waals surface area contributed by atoms with Gasteiger partial charge in [0.25, 0.3) is 0 Å². The normalized spacial score (nSPS) is 17.8. The van der Waals surface area contributed by atoms with Crippen LogP contribution in [0.1, 0.15) is 35.9 Å². The van der Waals surface area contributed by atoms with Crippen molar-refractivity contribution in [1.82, 2.24) is 0 Å². The van der Waals surface area contributed by atoms with E-state index >= 15 is 0 Å². The number of hydrogen-bond acceptors (Lipinski definition) is 2. The first-order valence-electron chi connectivity index (χ1n) is 4.56. The molecular weight excluding hydrogens is 160 g/mol. The van der Waals surface area contributed by atoms with Crippen molar-refractivity contribution in [2.45, 2.75) is 24.8 Å². The van der Waals surface area contributed by atoms with Crippen LogP contribution in [0.25, 0.3) is 0 Å². The summed E-state index contributed by atoms with van der Waals surface area (Å²) in [5.41, 5.74) is 7.87. The molecule has 1 unspecified atom stereocenters. The molecule has 1 aliphatic carbocycles. The molecule has 0 spiro atoms. The lowest BCUT2D eigenvalue weighted by molar-refractivity contribution is 0.923. The van der Waals surface area contributed by atoms with E-state index < -0.39 is 6.04 Å². The molecule has 2 N–H and O–H groups in total. The Hall–Kier alpha value is -1.33. The van der Waals surface area contributed by atoms with Crippen LogP contribution < -0.4 is 5.73 Å². The molecule has 1 aliphatic rings. The van der Waals surface area contributed by atoms with E-state index in [2.05, 4.69) is 12.1 Å². The number of nitriles is 1. The van der Waals surface area contributed by atoms with Crippen LogP contribution in [0.5, 0.6) is 0 Å². The molecule has 2 nitrogen and oxygen atoms in total. The van der Waals surface area contributed by atoms with E-state index in [1.165, 1.54) is 18.4 Å². The monoisotopic (exact) mass is 172 g/mol. The highest BCUT2D eigenvalue weighted by atomic mass is 14.6. The number of rotatable bonds is 2. The number of benzene rings is 1. The third-order valence-electron chi connectivity index (χ3n) is 2.48. The van der Waals surface area contributed by atoms with Gasteiger partial charge in [-0.2, -0.15) is 5.26 Å². The van der Waals surface area contributed by atoms with Crippen LogP contribution in [-0.2, 0) is 0 Å². The second kappa shape index (κ2) is 3.20. The van der Waals surface area contributed by atoms with Gasteiger partial charge in [-0.15, -0.1) is 0 Å². The first kappa shape index (κ1) is 8.28. The fraction of sp³-hybridized carbons (Fsp3) is 0.364. The van der Waals surface area contributed by atoms with Crippen LogP contribution in [0.4, 0.5) is 0 Å². The van der Waals surface area contributed by atoms with Crippen molar-refractivity contribution in [1.29, 1.82) is 5.26 Å². The van der Waals surface area contributed by atoms with Gasteiger partial charge >= 0.3 is 0 Å². The van der Waals surface area contributed by atoms with Gasteiger partial charge in [-0.05, 0) is 29.9 Å². The van der Waals surface area contributed by atoms with E-state index in [0.29, 0.717) is 0 Å². The first-order chi connectivity index (χ1) is 6.31. The SMILES string of the molecule is N#CC(N)c1ccc(C2CC2)cc1. The topological polar surface area (TPSA) is 49.8 Å². The maximum atomic E-state index is 8.60. The average molecular weight is 172 g/mol. The molecule has 66 valence electrons. The molecule has 0 bridgehead atoms. The summed E-state index contributed by atoms with van der Waals surface area (Å²) in [7, 11) is 0. The molecule has 0 aromatic heterocycles. The average Bonchev–Trinajstić information content (AvgIpc) is 3.00. The van der Waals surface area contributed by atoms with Crippen molar-refractivity contribution in [3.8, 4) is 6.07 Å². The van der Waals surface area contributed by atoms with Gasteiger partial charge in [-0.3, -0.25) is 0 Å². The molecule has 1 fully saturated rings. The van der Waals surface area contributed by atoms with Crippen LogP contribution in [0.15, 0.2) is 24.3 Å². The molecule has 0 amide bonds. The number of nitrogens with zero attached hydrogens (tertiary/aromatic N) is 1. The summed E-state index contributed by atoms with van der Waals surface area (Å²) in [6.45, 7) is 0. The summed E-state index contributed by atoms with van der Waals surface area (Å²) < 4.78 is 0. The number of nitrogens with two attached hydrogens (primary N) is 1. The zero-order chi connectivity index (χ0) is 9.26. The van der Waals surface area contributed by atoms with E-state index in [-0.39, 0.29) is 0 Å². The summed E-state index contributed by atoms with van der Waals surface area (Å²) >= 11 is 0. The standard InChI is InChI=1S/C11H12N2/c12-7-11(13)10-5-3-9(4-6-10)8-1-2-8/h3-6,8,11H,1-2,13H2. The van der Waals surface area contributed by atoms with Gasteiger partial charge in [0.2, 0.25) is 0 Å². The van der Waals surface area contributed by atoms with E-state index in [0.717, 1.165) is 11.5 Å². The Morgan fingerprint density at radius 1 is 1.31 bits per heavy atom. The summed E-state index contributed by atoms with van der Waals surface area (Å²) in [6.07, 6.45) is 2.62. The Morgan fingerprint density at radius 2 is 1.92 bits per heavy atom. The highest BCUT2D eigenvalue weighted by Crippen LogP contribution is 2.40. The molecule has 1 aromatic carbocycles. The molecule has 0 saturated heterocycles. The minimum Gasteiger partial charge on any atom is -0.312 e. The fourth-order valence-corrected chi connectivity index (χ4v) is 1.47. The highest BCUT2D eigenvalue weighted by Gasteiger charge is 2.23. The summed E-state index contributed by atoms with van der Waals surface area (Å²) in [4.78, 5) is 0. The van der Waals surface area contributed by atoms with Gasteiger partial charge < -0.3 is 5.73 Å². The Kier molecular flexibility index (Phi) is 2.03. The Balaban J connectivity index is 2.18. The second-order valence-corrected chi connectivity index (χ2v) is 3.55. The van der Waals surface area contributed by atoms with Crippen molar-refractivity contribution >= 4 is 0 Å². The molecular formula is C11H12N2. The molecule has 0 radical (unpaired) electrons. The zero-order valence-corrected chi connectivity index (χ0v) is 7.40. The maximum absolute atomic E-state index is 8.60. The predicted molar refractivity (Wildman–Crippen MR) is 51.0 cm³/mol. The van der Waals surface area contributed by atoms with Crippen LogP contribution >= 0.6 is 0 Å². The highest BCUT2D eigenvalue weighted by molar-refractivity contribution is 5.31. The largest absolute Gasteiger partial charge is 0.312 e. The van der Waals surface area contributed by atoms with Crippen molar-refractivity contribution in [3.05, 3.63) is 35.4 Å². The van der Waals surface area contributed by atoms with Crippen LogP contribution in [0.3, 0.4) is 0 Å². The molecule has 2 rings (SSSR count). The van der Waals surface area contributed by atoms with Gasteiger partial charge in [-0.1, -0.05) is 24.3 Å². The molecule has 13 heavy (non-hydrogen) atoms. The molecule has 1 saturated carbocycles. The van der Waals surface area contributed by atoms with Gasteiger partial charge in [0.05, 0.1) is 6.07 Å². The van der Waals surface area contributed by atoms with E-state index in [4.69, 9.17) is 11.0 Å². The van der Waals surface area contributed by atoms with Crippen molar-refractivity contribution in [2.24, 2.45) is 5.73 Å². The lowest BCUT2D eigenvalue weighted by Gasteiger charge is -2.03. The van der Waals surface area contributed by atoms with Crippen LogP contribution in [-0.4, -0.2) is 0 Å². The Labute approximate surface area is 78.0 Å². The summed E-state index contributed by atoms with van der Waals surface area (Å²) in [5.74, 6) is 0.771. The predicted octanol–water partition coefficient (Wildman–Crippen LogP) is 2.09. The molecule has 1 aromatic rings. The first-order valence-corrected chi connectivity index (χ1v) is 4.56. The lowest BCUT2D eigenvalue weighted by atomic mass is 10.0. The third-order valence-corrected chi connectivity index (χ3v) is 2.48. The third kappa shape index (κ3) is 1.71. The van der Waals surface area contributed by atoms with E-state index in [1.807, 2.05) is 18.2 Å². The smallest absolute Gasteiger partial charge is 0.118 e. The second-order valence-electron chi connectivity index (χ2n) is 3.55. The molecule has 1 atom stereocenters. The fourth-order valence-electron chi connectivity index (χ4n) is 1.47. The van der Waals surface area contributed by atoms with Crippen molar-refractivity contribution < 1.29 is 0 Å². The molecule has 2 heteroatoms. The summed E-state index contributed by atoms with van der Waals surface area (Å²) in [5, 5.41) is 8.60. The Morgan fingerprint density at radius 3 is 2.38 bits per heavy atom. The quantitative estimate of drug-likeness (QED) is 0.742. The maximum Gasteiger partial charge on any atom is 0.118 e. The molecule has 0 heterocycles. The van der Waals surface area contributed by atoms with Gasteiger partial charge in [0, 0.05) is 0 Å². The van der Waals surface area contributed by atoms with Gasteiger partial charge in [0.15, 0.2) is 0 Å².